The van der Waals surface area contributed by atoms with Gasteiger partial charge in [0.1, 0.15) is 37.3 Å². The van der Waals surface area contributed by atoms with Crippen molar-refractivity contribution in [3.05, 3.63) is 70.8 Å². The Kier molecular flexibility index (Phi) is 7.69. The third-order valence-corrected chi connectivity index (χ3v) is 5.28. The van der Waals surface area contributed by atoms with Gasteiger partial charge in [0, 0.05) is 23.7 Å². The number of ether oxygens (including phenoxy) is 1. The lowest BCUT2D eigenvalue weighted by molar-refractivity contribution is -0.921. The van der Waals surface area contributed by atoms with E-state index >= 15 is 0 Å². The van der Waals surface area contributed by atoms with Crippen LogP contribution in [0.15, 0.2) is 42.5 Å². The molecule has 0 spiro atoms. The third kappa shape index (κ3) is 6.59. The van der Waals surface area contributed by atoms with E-state index in [4.69, 9.17) is 4.74 Å². The van der Waals surface area contributed by atoms with E-state index in [0.29, 0.717) is 12.1 Å². The molecule has 1 heterocycles. The lowest BCUT2D eigenvalue weighted by atomic mass is 10.1. The van der Waals surface area contributed by atoms with Crippen molar-refractivity contribution in [3.8, 4) is 0 Å². The summed E-state index contributed by atoms with van der Waals surface area (Å²) in [6.07, 6.45) is 0. The normalized spacial score (nSPS) is 15.8. The Morgan fingerprint density at radius 1 is 1.14 bits per heavy atom. The zero-order valence-electron chi connectivity index (χ0n) is 16.7. The second-order valence-corrected chi connectivity index (χ2v) is 7.53. The molecule has 1 atom stereocenters. The van der Waals surface area contributed by atoms with Crippen LogP contribution in [-0.2, 0) is 22.6 Å². The first-order chi connectivity index (χ1) is 14.0. The first-order valence-corrected chi connectivity index (χ1v) is 10.1. The van der Waals surface area contributed by atoms with E-state index < -0.39 is 11.6 Å². The van der Waals surface area contributed by atoms with Crippen LogP contribution in [0, 0.1) is 11.6 Å². The fourth-order valence-electron chi connectivity index (χ4n) is 3.45. The Labute approximate surface area is 170 Å². The highest BCUT2D eigenvalue weighted by molar-refractivity contribution is 5.76. The molecule has 7 heteroatoms. The van der Waals surface area contributed by atoms with Gasteiger partial charge in [0.25, 0.3) is 5.91 Å². The number of amides is 1. The van der Waals surface area contributed by atoms with Crippen LogP contribution in [0.3, 0.4) is 0 Å². The zero-order valence-corrected chi connectivity index (χ0v) is 16.7. The van der Waals surface area contributed by atoms with Crippen molar-refractivity contribution < 1.29 is 28.5 Å². The van der Waals surface area contributed by atoms with E-state index in [9.17, 15) is 13.6 Å². The van der Waals surface area contributed by atoms with Crippen LogP contribution in [0.1, 0.15) is 29.7 Å². The molecule has 29 heavy (non-hydrogen) atoms. The first kappa shape index (κ1) is 21.4. The third-order valence-electron chi connectivity index (χ3n) is 5.28. The molecule has 1 aliphatic heterocycles. The minimum Gasteiger partial charge on any atom is -0.370 e. The maximum atomic E-state index is 13.8. The number of benzene rings is 2. The Balaban J connectivity index is 1.40. The van der Waals surface area contributed by atoms with Crippen LogP contribution in [-0.4, -0.2) is 38.8 Å². The minimum atomic E-state index is -0.603. The summed E-state index contributed by atoms with van der Waals surface area (Å²) >= 11 is 0. The lowest BCUT2D eigenvalue weighted by Crippen LogP contribution is -3.12. The Bertz CT molecular complexity index is 808. The number of quaternary nitrogens is 2. The molecule has 0 aliphatic carbocycles. The van der Waals surface area contributed by atoms with Crippen molar-refractivity contribution >= 4 is 5.91 Å². The molecule has 0 unspecified atom stereocenters. The summed E-state index contributed by atoms with van der Waals surface area (Å²) in [5.41, 5.74) is 2.70. The van der Waals surface area contributed by atoms with Gasteiger partial charge < -0.3 is 20.3 Å². The highest BCUT2D eigenvalue weighted by atomic mass is 19.1. The largest absolute Gasteiger partial charge is 0.370 e. The van der Waals surface area contributed by atoms with Crippen molar-refractivity contribution in [2.45, 2.75) is 26.1 Å². The standard InChI is InChI=1S/C22H27F2N3O2/c1-16(20-7-6-19(23)12-21(20)24)25-14-22(28)26-13-17-2-4-18(5-3-17)15-27-8-10-29-11-9-27/h2-7,12,16,25H,8-11,13-15H2,1H3,(H,26,28)/p+2/t16-/m1/s1. The smallest absolute Gasteiger partial charge is 0.275 e. The summed E-state index contributed by atoms with van der Waals surface area (Å²) in [7, 11) is 0. The highest BCUT2D eigenvalue weighted by Crippen LogP contribution is 2.14. The van der Waals surface area contributed by atoms with Gasteiger partial charge in [0.2, 0.25) is 0 Å². The summed E-state index contributed by atoms with van der Waals surface area (Å²) in [5.74, 6) is -1.32. The van der Waals surface area contributed by atoms with Gasteiger partial charge in [-0.3, -0.25) is 4.79 Å². The number of carbonyl (C=O) groups excluding carboxylic acids is 1. The van der Waals surface area contributed by atoms with E-state index in [-0.39, 0.29) is 18.5 Å². The Morgan fingerprint density at radius 3 is 2.52 bits per heavy atom. The van der Waals surface area contributed by atoms with E-state index in [2.05, 4.69) is 17.4 Å². The molecule has 1 aliphatic rings. The number of rotatable bonds is 8. The predicted molar refractivity (Wildman–Crippen MR) is 105 cm³/mol. The molecular formula is C22H29F2N3O2+2. The topological polar surface area (TPSA) is 59.4 Å². The van der Waals surface area contributed by atoms with Gasteiger partial charge in [-0.05, 0) is 24.6 Å². The van der Waals surface area contributed by atoms with Gasteiger partial charge in [-0.1, -0.05) is 24.3 Å². The SMILES string of the molecule is C[C@@H]([NH2+]CC(=O)NCc1ccc(C[NH+]2CCOCC2)cc1)c1ccc(F)cc1F. The van der Waals surface area contributed by atoms with Gasteiger partial charge in [-0.15, -0.1) is 0 Å². The van der Waals surface area contributed by atoms with Gasteiger partial charge in [-0.25, -0.2) is 8.78 Å². The Hall–Kier alpha value is -2.35. The minimum absolute atomic E-state index is 0.124. The number of nitrogens with one attached hydrogen (secondary N) is 2. The van der Waals surface area contributed by atoms with E-state index in [1.165, 1.54) is 22.6 Å². The fourth-order valence-corrected chi connectivity index (χ4v) is 3.45. The van der Waals surface area contributed by atoms with Crippen LogP contribution in [0.2, 0.25) is 0 Å². The van der Waals surface area contributed by atoms with Crippen molar-refractivity contribution in [1.82, 2.24) is 5.32 Å². The summed E-state index contributed by atoms with van der Waals surface area (Å²) in [6, 6.07) is 11.5. The molecular weight excluding hydrogens is 376 g/mol. The van der Waals surface area contributed by atoms with Crippen molar-refractivity contribution in [3.63, 3.8) is 0 Å². The average Bonchev–Trinajstić information content (AvgIpc) is 2.72. The van der Waals surface area contributed by atoms with Gasteiger partial charge in [-0.2, -0.15) is 0 Å². The summed E-state index contributed by atoms with van der Waals surface area (Å²) in [6.45, 7) is 7.13. The molecule has 2 aromatic rings. The second kappa shape index (κ2) is 10.4. The number of hydrogen-bond donors (Lipinski definition) is 3. The molecule has 0 aromatic heterocycles. The number of morpholine rings is 1. The van der Waals surface area contributed by atoms with Gasteiger partial charge in [0.05, 0.1) is 13.2 Å². The van der Waals surface area contributed by atoms with Crippen LogP contribution in [0.25, 0.3) is 0 Å². The van der Waals surface area contributed by atoms with Crippen molar-refractivity contribution in [1.29, 1.82) is 0 Å². The number of hydrogen-bond acceptors (Lipinski definition) is 2. The molecule has 0 radical (unpaired) electrons. The molecule has 5 nitrogen and oxygen atoms in total. The predicted octanol–water partition coefficient (Wildman–Crippen LogP) is 0.321. The second-order valence-electron chi connectivity index (χ2n) is 7.53. The Morgan fingerprint density at radius 2 is 1.83 bits per heavy atom. The van der Waals surface area contributed by atoms with Crippen LogP contribution < -0.4 is 15.5 Å². The van der Waals surface area contributed by atoms with Crippen LogP contribution in [0.4, 0.5) is 8.78 Å². The molecule has 0 bridgehead atoms. The molecule has 2 aromatic carbocycles. The number of halogens is 2. The van der Waals surface area contributed by atoms with Gasteiger partial charge >= 0.3 is 0 Å². The van der Waals surface area contributed by atoms with E-state index in [1.807, 2.05) is 12.1 Å². The molecule has 0 saturated carbocycles. The van der Waals surface area contributed by atoms with Crippen LogP contribution in [0.5, 0.6) is 0 Å². The quantitative estimate of drug-likeness (QED) is 0.593. The molecule has 1 fully saturated rings. The highest BCUT2D eigenvalue weighted by Gasteiger charge is 2.16. The van der Waals surface area contributed by atoms with Crippen LogP contribution >= 0.6 is 0 Å². The fraction of sp³-hybridized carbons (Fsp3) is 0.409. The number of carbonyl (C=O) groups is 1. The maximum absolute atomic E-state index is 13.8. The monoisotopic (exact) mass is 405 g/mol. The molecule has 1 saturated heterocycles. The zero-order chi connectivity index (χ0) is 20.6. The maximum Gasteiger partial charge on any atom is 0.275 e. The van der Waals surface area contributed by atoms with E-state index in [0.717, 1.165) is 44.5 Å². The van der Waals surface area contributed by atoms with Gasteiger partial charge in [0.15, 0.2) is 6.54 Å². The van der Waals surface area contributed by atoms with Crippen molar-refractivity contribution in [2.75, 3.05) is 32.8 Å². The lowest BCUT2D eigenvalue weighted by Gasteiger charge is -2.23. The summed E-state index contributed by atoms with van der Waals surface area (Å²) in [4.78, 5) is 13.6. The molecule has 1 amide bonds. The molecule has 4 N–H and O–H groups in total. The molecule has 3 rings (SSSR count). The average molecular weight is 405 g/mol. The van der Waals surface area contributed by atoms with Crippen molar-refractivity contribution in [2.24, 2.45) is 0 Å². The first-order valence-electron chi connectivity index (χ1n) is 10.1. The van der Waals surface area contributed by atoms with E-state index in [1.54, 1.807) is 12.2 Å². The summed E-state index contributed by atoms with van der Waals surface area (Å²) in [5, 5.41) is 4.62. The number of nitrogens with two attached hydrogens (primary N) is 1. The molecule has 156 valence electrons. The summed E-state index contributed by atoms with van der Waals surface area (Å²) < 4.78 is 32.2.